The van der Waals surface area contributed by atoms with Gasteiger partial charge in [0.05, 0.1) is 27.8 Å². The smallest absolute Gasteiger partial charge is 0.0541 e. The minimum atomic E-state index is 1.10. The first kappa shape index (κ1) is 34.9. The summed E-state index contributed by atoms with van der Waals surface area (Å²) in [5, 5.41) is 7.51. The fourth-order valence-corrected chi connectivity index (χ4v) is 9.44. The molecule has 0 N–H and O–H groups in total. The van der Waals surface area contributed by atoms with Gasteiger partial charge in [0, 0.05) is 49.7 Å². The Balaban J connectivity index is 0.878. The van der Waals surface area contributed by atoms with Gasteiger partial charge in [-0.25, -0.2) is 0 Å². The molecule has 10 aromatic carbocycles. The number of nitrogens with zero attached hydrogens (tertiary/aromatic N) is 3. The lowest BCUT2D eigenvalue weighted by atomic mass is 10.0. The van der Waals surface area contributed by atoms with Gasteiger partial charge in [0.2, 0.25) is 0 Å². The van der Waals surface area contributed by atoms with Gasteiger partial charge in [0.25, 0.3) is 0 Å². The molecule has 3 heteroatoms. The minimum absolute atomic E-state index is 1.10. The number of fused-ring (bicyclic) bond motifs is 7. The molecule has 0 aliphatic rings. The maximum atomic E-state index is 2.38. The van der Waals surface area contributed by atoms with E-state index >= 15 is 0 Å². The number of aromatic nitrogens is 2. The van der Waals surface area contributed by atoms with Crippen molar-refractivity contribution in [1.82, 2.24) is 9.13 Å². The Morgan fingerprint density at radius 1 is 0.246 bits per heavy atom. The van der Waals surface area contributed by atoms with Gasteiger partial charge < -0.3 is 14.0 Å². The molecular formula is C58H39N3. The summed E-state index contributed by atoms with van der Waals surface area (Å²) in [5.41, 5.74) is 15.2. The maximum absolute atomic E-state index is 2.38. The van der Waals surface area contributed by atoms with Crippen LogP contribution in [0, 0.1) is 0 Å². The van der Waals surface area contributed by atoms with Crippen molar-refractivity contribution in [3.8, 4) is 33.6 Å². The first-order chi connectivity index (χ1) is 30.3. The third-order valence-electron chi connectivity index (χ3n) is 12.3. The number of hydrogen-bond donors (Lipinski definition) is 0. The van der Waals surface area contributed by atoms with Crippen LogP contribution in [0.15, 0.2) is 237 Å². The van der Waals surface area contributed by atoms with Crippen LogP contribution in [-0.2, 0) is 0 Å². The van der Waals surface area contributed by atoms with Gasteiger partial charge in [-0.3, -0.25) is 0 Å². The van der Waals surface area contributed by atoms with E-state index in [0.717, 1.165) is 28.4 Å². The van der Waals surface area contributed by atoms with E-state index in [1.165, 1.54) is 76.6 Å². The molecule has 0 aliphatic heterocycles. The van der Waals surface area contributed by atoms with E-state index in [0.29, 0.717) is 0 Å². The highest BCUT2D eigenvalue weighted by Crippen LogP contribution is 2.41. The van der Waals surface area contributed by atoms with Gasteiger partial charge in [-0.2, -0.15) is 0 Å². The third-order valence-corrected chi connectivity index (χ3v) is 12.3. The Hall–Kier alpha value is -8.14. The SMILES string of the molecule is c1ccc2c(N(c3ccc(-c4ccc(-n5c6ccccc6c6ccccc65)cc4)cc3)c3ccc(-c4ccc(-n5c6ccccc6c6ccccc65)cc4)cc3)cccc2c1. The predicted molar refractivity (Wildman–Crippen MR) is 258 cm³/mol. The summed E-state index contributed by atoms with van der Waals surface area (Å²) in [6.07, 6.45) is 0. The lowest BCUT2D eigenvalue weighted by molar-refractivity contribution is 1.18. The molecule has 0 aliphatic carbocycles. The molecule has 3 nitrogen and oxygen atoms in total. The van der Waals surface area contributed by atoms with Crippen LogP contribution in [0.25, 0.3) is 88.0 Å². The van der Waals surface area contributed by atoms with Crippen molar-refractivity contribution < 1.29 is 0 Å². The molecule has 61 heavy (non-hydrogen) atoms. The van der Waals surface area contributed by atoms with Gasteiger partial charge in [-0.15, -0.1) is 0 Å². The number of para-hydroxylation sites is 4. The van der Waals surface area contributed by atoms with Crippen LogP contribution in [0.5, 0.6) is 0 Å². The predicted octanol–water partition coefficient (Wildman–Crippen LogP) is 15.8. The molecule has 0 saturated carbocycles. The fraction of sp³-hybridized carbons (Fsp3) is 0. The van der Waals surface area contributed by atoms with E-state index in [9.17, 15) is 0 Å². The largest absolute Gasteiger partial charge is 0.310 e. The molecular weight excluding hydrogens is 739 g/mol. The molecule has 2 heterocycles. The molecule has 0 spiro atoms. The van der Waals surface area contributed by atoms with Crippen molar-refractivity contribution in [2.24, 2.45) is 0 Å². The zero-order chi connectivity index (χ0) is 40.3. The average molecular weight is 778 g/mol. The molecule has 0 atom stereocenters. The van der Waals surface area contributed by atoms with Gasteiger partial charge >= 0.3 is 0 Å². The monoisotopic (exact) mass is 777 g/mol. The van der Waals surface area contributed by atoms with Crippen LogP contribution >= 0.6 is 0 Å². The molecule has 12 aromatic rings. The number of benzene rings is 10. The summed E-state index contributed by atoms with van der Waals surface area (Å²) in [7, 11) is 0. The number of rotatable bonds is 7. The summed E-state index contributed by atoms with van der Waals surface area (Å²) in [6.45, 7) is 0. The zero-order valence-electron chi connectivity index (χ0n) is 33.4. The van der Waals surface area contributed by atoms with E-state index in [1.807, 2.05) is 0 Å². The van der Waals surface area contributed by atoms with Crippen molar-refractivity contribution in [2.45, 2.75) is 0 Å². The number of hydrogen-bond acceptors (Lipinski definition) is 1. The molecule has 0 saturated heterocycles. The van der Waals surface area contributed by atoms with E-state index in [-0.39, 0.29) is 0 Å². The van der Waals surface area contributed by atoms with E-state index in [1.54, 1.807) is 0 Å². The highest BCUT2D eigenvalue weighted by atomic mass is 15.1. The van der Waals surface area contributed by atoms with E-state index in [4.69, 9.17) is 0 Å². The second kappa shape index (κ2) is 14.3. The molecule has 0 radical (unpaired) electrons. The van der Waals surface area contributed by atoms with Crippen molar-refractivity contribution in [3.05, 3.63) is 237 Å². The molecule has 0 amide bonds. The summed E-state index contributed by atoms with van der Waals surface area (Å²) in [5.74, 6) is 0. The molecule has 0 bridgehead atoms. The Labute approximate surface area is 354 Å². The molecule has 12 rings (SSSR count). The first-order valence-corrected chi connectivity index (χ1v) is 20.9. The van der Waals surface area contributed by atoms with Crippen LogP contribution < -0.4 is 4.90 Å². The summed E-state index contributed by atoms with van der Waals surface area (Å²) >= 11 is 0. The first-order valence-electron chi connectivity index (χ1n) is 20.9. The minimum Gasteiger partial charge on any atom is -0.310 e. The van der Waals surface area contributed by atoms with Gasteiger partial charge in [0.1, 0.15) is 0 Å². The van der Waals surface area contributed by atoms with Crippen LogP contribution in [0.3, 0.4) is 0 Å². The van der Waals surface area contributed by atoms with Gasteiger partial charge in [-0.1, -0.05) is 158 Å². The van der Waals surface area contributed by atoms with Crippen molar-refractivity contribution in [2.75, 3.05) is 4.90 Å². The quantitative estimate of drug-likeness (QED) is 0.157. The summed E-state index contributed by atoms with van der Waals surface area (Å²) in [6, 6.07) is 85.8. The zero-order valence-corrected chi connectivity index (χ0v) is 33.4. The van der Waals surface area contributed by atoms with Gasteiger partial charge in [-0.05, 0) is 107 Å². The standard InChI is InChI=1S/C58H39N3/c1-2-14-49-44(12-1)13-11-23-54(49)59(45-32-24-40(25-33-45)42-28-36-47(37-29-42)60-55-19-7-3-15-50(55)51-16-4-8-20-56(51)60)46-34-26-41(27-35-46)43-30-38-48(39-31-43)61-57-21-9-5-17-52(57)53-18-6-10-22-58(53)61/h1-39H. The lowest BCUT2D eigenvalue weighted by Crippen LogP contribution is -2.10. The van der Waals surface area contributed by atoms with Gasteiger partial charge in [0.15, 0.2) is 0 Å². The Morgan fingerprint density at radius 2 is 0.557 bits per heavy atom. The van der Waals surface area contributed by atoms with Crippen molar-refractivity contribution in [1.29, 1.82) is 0 Å². The van der Waals surface area contributed by atoms with Crippen molar-refractivity contribution >= 4 is 71.4 Å². The van der Waals surface area contributed by atoms with Crippen LogP contribution in [-0.4, -0.2) is 9.13 Å². The maximum Gasteiger partial charge on any atom is 0.0541 e. The Kier molecular flexibility index (Phi) is 8.17. The third kappa shape index (κ3) is 5.82. The average Bonchev–Trinajstić information content (AvgIpc) is 3.86. The second-order valence-corrected chi connectivity index (χ2v) is 15.8. The van der Waals surface area contributed by atoms with Crippen LogP contribution in [0.1, 0.15) is 0 Å². The fourth-order valence-electron chi connectivity index (χ4n) is 9.44. The molecule has 0 fully saturated rings. The summed E-state index contributed by atoms with van der Waals surface area (Å²) in [4.78, 5) is 2.38. The van der Waals surface area contributed by atoms with Crippen molar-refractivity contribution in [3.63, 3.8) is 0 Å². The van der Waals surface area contributed by atoms with Crippen LogP contribution in [0.2, 0.25) is 0 Å². The normalized spacial score (nSPS) is 11.6. The molecule has 286 valence electrons. The van der Waals surface area contributed by atoms with E-state index in [2.05, 4.69) is 251 Å². The Bertz CT molecular complexity index is 3240. The lowest BCUT2D eigenvalue weighted by Gasteiger charge is -2.27. The second-order valence-electron chi connectivity index (χ2n) is 15.8. The highest BCUT2D eigenvalue weighted by molar-refractivity contribution is 6.10. The molecule has 0 unspecified atom stereocenters. The molecule has 2 aromatic heterocycles. The van der Waals surface area contributed by atoms with E-state index < -0.39 is 0 Å². The summed E-state index contributed by atoms with van der Waals surface area (Å²) < 4.78 is 4.74. The topological polar surface area (TPSA) is 13.1 Å². The highest BCUT2D eigenvalue weighted by Gasteiger charge is 2.17. The van der Waals surface area contributed by atoms with Crippen LogP contribution in [0.4, 0.5) is 17.1 Å². The number of anilines is 3. The Morgan fingerprint density at radius 3 is 0.951 bits per heavy atom.